The smallest absolute Gasteiger partial charge is 0.120 e. The zero-order valence-corrected chi connectivity index (χ0v) is 16.8. The van der Waals surface area contributed by atoms with Crippen LogP contribution in [0.4, 0.5) is 0 Å². The van der Waals surface area contributed by atoms with E-state index in [4.69, 9.17) is 9.72 Å². The zero-order chi connectivity index (χ0) is 17.1. The number of aromatic amines is 1. The molecule has 0 aliphatic carbocycles. The number of nitrogens with zero attached hydrogens (tertiary/aromatic N) is 1. The minimum Gasteiger partial charge on any atom is -0.497 e. The van der Waals surface area contributed by atoms with E-state index in [0.29, 0.717) is 0 Å². The van der Waals surface area contributed by atoms with Gasteiger partial charge in [0.15, 0.2) is 0 Å². The summed E-state index contributed by atoms with van der Waals surface area (Å²) in [6.45, 7) is 6.56. The Morgan fingerprint density at radius 2 is 1.88 bits per heavy atom. The number of pyridine rings is 1. The van der Waals surface area contributed by atoms with Gasteiger partial charge in [0.1, 0.15) is 10.8 Å². The van der Waals surface area contributed by atoms with Gasteiger partial charge in [0.2, 0.25) is 0 Å². The highest BCUT2D eigenvalue weighted by Crippen LogP contribution is 2.33. The van der Waals surface area contributed by atoms with Gasteiger partial charge >= 0.3 is 0 Å². The largest absolute Gasteiger partial charge is 0.497 e. The average molecular weight is 377 g/mol. The second-order valence-electron chi connectivity index (χ2n) is 6.10. The number of ether oxygens (including phenoxy) is 1. The summed E-state index contributed by atoms with van der Waals surface area (Å²) < 4.78 is 5.22. The standard InChI is InChI=1S/C20H24N2OS.ClH/c1-5-6-16-11-21-20(19-18(16)13(2)14(3)22-19)24-12-15-7-9-17(23-4)10-8-15;/h7-11,22H,5-6,12H2,1-4H3;1H. The third-order valence-corrected chi connectivity index (χ3v) is 5.49. The van der Waals surface area contributed by atoms with E-state index in [1.54, 1.807) is 18.9 Å². The molecule has 0 amide bonds. The predicted molar refractivity (Wildman–Crippen MR) is 109 cm³/mol. The van der Waals surface area contributed by atoms with Crippen molar-refractivity contribution in [3.8, 4) is 5.75 Å². The molecule has 0 unspecified atom stereocenters. The van der Waals surface area contributed by atoms with Crippen molar-refractivity contribution in [1.29, 1.82) is 0 Å². The number of halogens is 1. The van der Waals surface area contributed by atoms with Crippen molar-refractivity contribution in [1.82, 2.24) is 9.97 Å². The summed E-state index contributed by atoms with van der Waals surface area (Å²) in [5.41, 5.74) is 6.40. The molecule has 0 fully saturated rings. The topological polar surface area (TPSA) is 37.9 Å². The number of hydrogen-bond donors (Lipinski definition) is 1. The van der Waals surface area contributed by atoms with Gasteiger partial charge in [-0.1, -0.05) is 37.2 Å². The first-order valence-corrected chi connectivity index (χ1v) is 9.35. The minimum atomic E-state index is 0. The van der Waals surface area contributed by atoms with Crippen LogP contribution >= 0.6 is 24.2 Å². The van der Waals surface area contributed by atoms with Gasteiger partial charge in [0.05, 0.1) is 12.6 Å². The molecule has 0 saturated carbocycles. The van der Waals surface area contributed by atoms with E-state index in [-0.39, 0.29) is 12.4 Å². The number of thioether (sulfide) groups is 1. The minimum absolute atomic E-state index is 0. The van der Waals surface area contributed by atoms with E-state index in [1.165, 1.54) is 33.3 Å². The number of nitrogens with one attached hydrogen (secondary N) is 1. The van der Waals surface area contributed by atoms with Crippen LogP contribution in [-0.4, -0.2) is 17.1 Å². The lowest BCUT2D eigenvalue weighted by atomic mass is 10.0. The number of rotatable bonds is 6. The van der Waals surface area contributed by atoms with Gasteiger partial charge in [-0.2, -0.15) is 0 Å². The fourth-order valence-electron chi connectivity index (χ4n) is 2.99. The van der Waals surface area contributed by atoms with Gasteiger partial charge in [0.25, 0.3) is 0 Å². The number of H-pyrrole nitrogens is 1. The Balaban J connectivity index is 0.00000225. The van der Waals surface area contributed by atoms with Crippen molar-refractivity contribution in [2.24, 2.45) is 0 Å². The molecule has 3 nitrogen and oxygen atoms in total. The first-order valence-electron chi connectivity index (χ1n) is 8.36. The molecular weight excluding hydrogens is 352 g/mol. The maximum absolute atomic E-state index is 5.22. The Morgan fingerprint density at radius 1 is 1.16 bits per heavy atom. The SMILES string of the molecule is CCCc1cnc(SCc2ccc(OC)cc2)c2[nH]c(C)c(C)c12.Cl. The molecule has 0 aliphatic heterocycles. The lowest BCUT2D eigenvalue weighted by Gasteiger charge is -2.08. The molecule has 0 atom stereocenters. The van der Waals surface area contributed by atoms with Crippen LogP contribution in [0.15, 0.2) is 35.5 Å². The predicted octanol–water partition coefficient (Wildman–Crippen LogP) is 5.85. The number of methoxy groups -OCH3 is 1. The maximum atomic E-state index is 5.22. The Labute approximate surface area is 160 Å². The molecule has 2 aromatic heterocycles. The molecule has 0 spiro atoms. The molecule has 2 heterocycles. The van der Waals surface area contributed by atoms with Crippen molar-refractivity contribution >= 4 is 35.1 Å². The Kier molecular flexibility index (Phi) is 6.79. The summed E-state index contributed by atoms with van der Waals surface area (Å²) in [6.07, 6.45) is 4.27. The van der Waals surface area contributed by atoms with Crippen LogP contribution in [0.5, 0.6) is 5.75 Å². The lowest BCUT2D eigenvalue weighted by Crippen LogP contribution is -1.92. The summed E-state index contributed by atoms with van der Waals surface area (Å²) in [7, 11) is 1.69. The fraction of sp³-hybridized carbons (Fsp3) is 0.350. The van der Waals surface area contributed by atoms with Crippen molar-refractivity contribution in [3.63, 3.8) is 0 Å². The molecule has 0 saturated heterocycles. The van der Waals surface area contributed by atoms with Crippen LogP contribution in [0.1, 0.15) is 35.7 Å². The normalized spacial score (nSPS) is 10.7. The molecule has 0 bridgehead atoms. The van der Waals surface area contributed by atoms with Gasteiger partial charge in [-0.25, -0.2) is 4.98 Å². The zero-order valence-electron chi connectivity index (χ0n) is 15.2. The van der Waals surface area contributed by atoms with Gasteiger partial charge in [-0.3, -0.25) is 0 Å². The van der Waals surface area contributed by atoms with Crippen LogP contribution in [0.3, 0.4) is 0 Å². The van der Waals surface area contributed by atoms with Gasteiger partial charge in [-0.15, -0.1) is 12.4 Å². The number of aryl methyl sites for hydroxylation is 3. The fourth-order valence-corrected chi connectivity index (χ4v) is 3.91. The van der Waals surface area contributed by atoms with Crippen LogP contribution in [0.2, 0.25) is 0 Å². The maximum Gasteiger partial charge on any atom is 0.120 e. The van der Waals surface area contributed by atoms with Crippen LogP contribution in [-0.2, 0) is 12.2 Å². The van der Waals surface area contributed by atoms with Crippen LogP contribution in [0, 0.1) is 13.8 Å². The van der Waals surface area contributed by atoms with E-state index >= 15 is 0 Å². The molecule has 3 rings (SSSR count). The van der Waals surface area contributed by atoms with E-state index in [0.717, 1.165) is 29.4 Å². The van der Waals surface area contributed by atoms with Crippen molar-refractivity contribution in [2.75, 3.05) is 7.11 Å². The summed E-state index contributed by atoms with van der Waals surface area (Å²) >= 11 is 1.78. The van der Waals surface area contributed by atoms with Crippen molar-refractivity contribution in [3.05, 3.63) is 52.8 Å². The Bertz CT molecular complexity index is 843. The highest BCUT2D eigenvalue weighted by atomic mass is 35.5. The molecule has 0 radical (unpaired) electrons. The first-order chi connectivity index (χ1) is 11.6. The number of aromatic nitrogens is 2. The highest BCUT2D eigenvalue weighted by Gasteiger charge is 2.14. The van der Waals surface area contributed by atoms with E-state index in [9.17, 15) is 0 Å². The molecule has 5 heteroatoms. The summed E-state index contributed by atoms with van der Waals surface area (Å²) in [5.74, 6) is 1.79. The third-order valence-electron chi connectivity index (χ3n) is 4.43. The number of hydrogen-bond acceptors (Lipinski definition) is 3. The van der Waals surface area contributed by atoms with Crippen LogP contribution in [0.25, 0.3) is 10.9 Å². The van der Waals surface area contributed by atoms with E-state index in [2.05, 4.69) is 44.1 Å². The van der Waals surface area contributed by atoms with Gasteiger partial charge in [0, 0.05) is 23.0 Å². The second kappa shape index (κ2) is 8.63. The van der Waals surface area contributed by atoms with Gasteiger partial charge in [-0.05, 0) is 49.1 Å². The first kappa shape index (κ1) is 19.7. The lowest BCUT2D eigenvalue weighted by molar-refractivity contribution is 0.414. The number of fused-ring (bicyclic) bond motifs is 1. The van der Waals surface area contributed by atoms with Crippen molar-refractivity contribution in [2.45, 2.75) is 44.4 Å². The molecule has 0 aliphatic rings. The molecule has 134 valence electrons. The summed E-state index contributed by atoms with van der Waals surface area (Å²) in [6, 6.07) is 8.23. The third kappa shape index (κ3) is 4.13. The molecule has 1 aromatic carbocycles. The molecule has 1 N–H and O–H groups in total. The van der Waals surface area contributed by atoms with Gasteiger partial charge < -0.3 is 9.72 Å². The molecular formula is C20H25ClN2OS. The van der Waals surface area contributed by atoms with Crippen LogP contribution < -0.4 is 4.74 Å². The molecule has 25 heavy (non-hydrogen) atoms. The average Bonchev–Trinajstić information content (AvgIpc) is 2.90. The summed E-state index contributed by atoms with van der Waals surface area (Å²) in [4.78, 5) is 8.28. The van der Waals surface area contributed by atoms with Crippen molar-refractivity contribution < 1.29 is 4.74 Å². The Morgan fingerprint density at radius 3 is 2.52 bits per heavy atom. The summed E-state index contributed by atoms with van der Waals surface area (Å²) in [5, 5.41) is 2.44. The second-order valence-corrected chi connectivity index (χ2v) is 7.06. The highest BCUT2D eigenvalue weighted by molar-refractivity contribution is 7.98. The quantitative estimate of drug-likeness (QED) is 0.548. The van der Waals surface area contributed by atoms with E-state index in [1.807, 2.05) is 12.1 Å². The molecule has 3 aromatic rings. The monoisotopic (exact) mass is 376 g/mol. The number of benzene rings is 1. The van der Waals surface area contributed by atoms with E-state index < -0.39 is 0 Å². The Hall–Kier alpha value is -1.65.